The summed E-state index contributed by atoms with van der Waals surface area (Å²) >= 11 is 7.28. The number of nitrogens with one attached hydrogen (secondary N) is 2. The Balaban J connectivity index is 1.30. The highest BCUT2D eigenvalue weighted by atomic mass is 35.5. The van der Waals surface area contributed by atoms with Gasteiger partial charge in [0.2, 0.25) is 11.8 Å². The minimum absolute atomic E-state index is 0.0669. The van der Waals surface area contributed by atoms with E-state index in [4.69, 9.17) is 16.0 Å². The lowest BCUT2D eigenvalue weighted by Crippen LogP contribution is -2.23. The number of aryl methyl sites for hydroxylation is 1. The number of hydrogen-bond acceptors (Lipinski definition) is 6. The molecule has 9 heteroatoms. The highest BCUT2D eigenvalue weighted by Gasteiger charge is 2.12. The van der Waals surface area contributed by atoms with Gasteiger partial charge in [-0.2, -0.15) is 0 Å². The molecule has 1 atom stereocenters. The van der Waals surface area contributed by atoms with Gasteiger partial charge in [0.1, 0.15) is 0 Å². The molecule has 0 aliphatic rings. The molecule has 0 spiro atoms. The molecule has 0 saturated heterocycles. The molecular formula is C25H23ClN4O3S. The lowest BCUT2D eigenvalue weighted by molar-refractivity contribution is -0.119. The molecule has 4 aromatic rings. The van der Waals surface area contributed by atoms with Crippen molar-refractivity contribution in [3.05, 3.63) is 76.6 Å². The number of thiazole rings is 1. The molecule has 2 aromatic carbocycles. The van der Waals surface area contributed by atoms with E-state index in [2.05, 4.69) is 20.6 Å². The number of hydrogen-bond donors (Lipinski definition) is 2. The number of rotatable bonds is 8. The van der Waals surface area contributed by atoms with Gasteiger partial charge in [0, 0.05) is 41.3 Å². The van der Waals surface area contributed by atoms with E-state index < -0.39 is 0 Å². The molecule has 174 valence electrons. The SMILES string of the molecule is CC(=O)NC(C)c1ccc(-c2csc(NC(=O)CCc3ncc(-c4ccc(Cl)cc4)o3)n2)cc1. The van der Waals surface area contributed by atoms with E-state index in [9.17, 15) is 9.59 Å². The van der Waals surface area contributed by atoms with Gasteiger partial charge < -0.3 is 15.1 Å². The average Bonchev–Trinajstić information content (AvgIpc) is 3.48. The lowest BCUT2D eigenvalue weighted by atomic mass is 10.1. The van der Waals surface area contributed by atoms with Crippen LogP contribution in [0.3, 0.4) is 0 Å². The molecule has 2 amide bonds. The van der Waals surface area contributed by atoms with Crippen molar-refractivity contribution < 1.29 is 14.0 Å². The lowest BCUT2D eigenvalue weighted by Gasteiger charge is -2.12. The number of oxazole rings is 1. The van der Waals surface area contributed by atoms with Crippen LogP contribution in [0.25, 0.3) is 22.6 Å². The minimum Gasteiger partial charge on any atom is -0.441 e. The number of amides is 2. The second-order valence-electron chi connectivity index (χ2n) is 7.76. The third-order valence-corrected chi connectivity index (χ3v) is 6.13. The molecule has 0 radical (unpaired) electrons. The van der Waals surface area contributed by atoms with Crippen LogP contribution in [-0.2, 0) is 16.0 Å². The summed E-state index contributed by atoms with van der Waals surface area (Å²) in [6, 6.07) is 15.1. The summed E-state index contributed by atoms with van der Waals surface area (Å²) in [7, 11) is 0. The zero-order valence-corrected chi connectivity index (χ0v) is 20.2. The van der Waals surface area contributed by atoms with E-state index in [0.717, 1.165) is 22.4 Å². The van der Waals surface area contributed by atoms with Crippen molar-refractivity contribution in [2.45, 2.75) is 32.7 Å². The van der Waals surface area contributed by atoms with Crippen molar-refractivity contribution in [1.82, 2.24) is 15.3 Å². The van der Waals surface area contributed by atoms with E-state index >= 15 is 0 Å². The number of carbonyl (C=O) groups excluding carboxylic acids is 2. The van der Waals surface area contributed by atoms with Crippen LogP contribution in [0.15, 0.2) is 64.5 Å². The number of halogens is 1. The van der Waals surface area contributed by atoms with E-state index in [1.807, 2.05) is 48.7 Å². The zero-order valence-electron chi connectivity index (χ0n) is 18.7. The number of aromatic nitrogens is 2. The molecule has 0 fully saturated rings. The van der Waals surface area contributed by atoms with Crippen LogP contribution < -0.4 is 10.6 Å². The van der Waals surface area contributed by atoms with Crippen LogP contribution in [-0.4, -0.2) is 21.8 Å². The molecule has 2 N–H and O–H groups in total. The molecule has 7 nitrogen and oxygen atoms in total. The molecule has 2 heterocycles. The van der Waals surface area contributed by atoms with Gasteiger partial charge in [-0.05, 0) is 36.8 Å². The van der Waals surface area contributed by atoms with Crippen LogP contribution in [0.5, 0.6) is 0 Å². The monoisotopic (exact) mass is 494 g/mol. The maximum absolute atomic E-state index is 12.4. The van der Waals surface area contributed by atoms with Crippen LogP contribution in [0, 0.1) is 0 Å². The van der Waals surface area contributed by atoms with Crippen molar-refractivity contribution in [2.75, 3.05) is 5.32 Å². The third-order valence-electron chi connectivity index (χ3n) is 5.12. The predicted octanol–water partition coefficient (Wildman–Crippen LogP) is 5.89. The first-order valence-electron chi connectivity index (χ1n) is 10.7. The van der Waals surface area contributed by atoms with Crippen molar-refractivity contribution in [1.29, 1.82) is 0 Å². The number of nitrogens with zero attached hydrogens (tertiary/aromatic N) is 2. The fraction of sp³-hybridized carbons (Fsp3) is 0.200. The van der Waals surface area contributed by atoms with E-state index in [-0.39, 0.29) is 24.3 Å². The van der Waals surface area contributed by atoms with Crippen LogP contribution in [0.4, 0.5) is 5.13 Å². The first-order valence-corrected chi connectivity index (χ1v) is 12.0. The second-order valence-corrected chi connectivity index (χ2v) is 9.05. The largest absolute Gasteiger partial charge is 0.441 e. The summed E-state index contributed by atoms with van der Waals surface area (Å²) in [6.45, 7) is 3.43. The molecule has 4 rings (SSSR count). The van der Waals surface area contributed by atoms with E-state index in [1.54, 1.807) is 18.3 Å². The van der Waals surface area contributed by atoms with Gasteiger partial charge in [0.05, 0.1) is 17.9 Å². The molecule has 34 heavy (non-hydrogen) atoms. The summed E-state index contributed by atoms with van der Waals surface area (Å²) < 4.78 is 5.75. The third kappa shape index (κ3) is 6.09. The standard InChI is InChI=1S/C25H23ClN4O3S/c1-15(28-16(2)31)17-3-5-18(6-4-17)21-14-34-25(29-21)30-23(32)11-12-24-27-13-22(33-24)19-7-9-20(26)10-8-19/h3-10,13-15H,11-12H2,1-2H3,(H,28,31)(H,29,30,32). The first kappa shape index (κ1) is 23.7. The Morgan fingerprint density at radius 3 is 2.50 bits per heavy atom. The van der Waals surface area contributed by atoms with E-state index in [1.165, 1.54) is 18.3 Å². The van der Waals surface area contributed by atoms with Crippen LogP contribution in [0.2, 0.25) is 5.02 Å². The predicted molar refractivity (Wildman–Crippen MR) is 134 cm³/mol. The fourth-order valence-electron chi connectivity index (χ4n) is 3.37. The normalized spacial score (nSPS) is 11.7. The zero-order chi connectivity index (χ0) is 24.1. The van der Waals surface area contributed by atoms with Gasteiger partial charge in [-0.15, -0.1) is 11.3 Å². The van der Waals surface area contributed by atoms with Crippen LogP contribution >= 0.6 is 22.9 Å². The summed E-state index contributed by atoms with van der Waals surface area (Å²) in [6.07, 6.45) is 2.25. The highest BCUT2D eigenvalue weighted by molar-refractivity contribution is 7.14. The Hall–Kier alpha value is -3.49. The maximum Gasteiger partial charge on any atom is 0.226 e. The smallest absolute Gasteiger partial charge is 0.226 e. The Kier molecular flexibility index (Phi) is 7.40. The molecule has 0 saturated carbocycles. The second kappa shape index (κ2) is 10.6. The van der Waals surface area contributed by atoms with Crippen molar-refractivity contribution in [2.24, 2.45) is 0 Å². The van der Waals surface area contributed by atoms with Crippen molar-refractivity contribution in [3.63, 3.8) is 0 Å². The molecule has 1 unspecified atom stereocenters. The first-order chi connectivity index (χ1) is 16.4. The molecule has 0 aliphatic carbocycles. The average molecular weight is 495 g/mol. The van der Waals surface area contributed by atoms with Gasteiger partial charge in [-0.1, -0.05) is 35.9 Å². The van der Waals surface area contributed by atoms with Crippen molar-refractivity contribution >= 4 is 39.9 Å². The highest BCUT2D eigenvalue weighted by Crippen LogP contribution is 2.27. The van der Waals surface area contributed by atoms with E-state index in [0.29, 0.717) is 28.2 Å². The quantitative estimate of drug-likeness (QED) is 0.318. The summed E-state index contributed by atoms with van der Waals surface area (Å²) in [4.78, 5) is 32.4. The van der Waals surface area contributed by atoms with Gasteiger partial charge in [-0.3, -0.25) is 9.59 Å². The van der Waals surface area contributed by atoms with Gasteiger partial charge >= 0.3 is 0 Å². The summed E-state index contributed by atoms with van der Waals surface area (Å²) in [5.74, 6) is 0.899. The van der Waals surface area contributed by atoms with Crippen LogP contribution in [0.1, 0.15) is 37.8 Å². The van der Waals surface area contributed by atoms with Crippen molar-refractivity contribution in [3.8, 4) is 22.6 Å². The number of carbonyl (C=O) groups is 2. The Morgan fingerprint density at radius 1 is 1.09 bits per heavy atom. The Bertz CT molecular complexity index is 1280. The summed E-state index contributed by atoms with van der Waals surface area (Å²) in [5.41, 5.74) is 3.60. The molecule has 2 aromatic heterocycles. The number of benzene rings is 2. The molecular weight excluding hydrogens is 472 g/mol. The molecule has 0 bridgehead atoms. The Labute approximate surface area is 206 Å². The maximum atomic E-state index is 12.4. The molecule has 0 aliphatic heterocycles. The fourth-order valence-corrected chi connectivity index (χ4v) is 4.23. The topological polar surface area (TPSA) is 97.1 Å². The Morgan fingerprint density at radius 2 is 1.79 bits per heavy atom. The summed E-state index contributed by atoms with van der Waals surface area (Å²) in [5, 5.41) is 8.78. The van der Waals surface area contributed by atoms with Gasteiger partial charge in [-0.25, -0.2) is 9.97 Å². The van der Waals surface area contributed by atoms with Gasteiger partial charge in [0.15, 0.2) is 16.8 Å². The minimum atomic E-state index is -0.161. The number of anilines is 1. The van der Waals surface area contributed by atoms with Gasteiger partial charge in [0.25, 0.3) is 0 Å².